The van der Waals surface area contributed by atoms with Gasteiger partial charge in [-0.15, -0.1) is 11.3 Å². The Morgan fingerprint density at radius 1 is 1.06 bits per heavy atom. The van der Waals surface area contributed by atoms with Gasteiger partial charge in [0.2, 0.25) is 0 Å². The number of benzene rings is 2. The van der Waals surface area contributed by atoms with Crippen molar-refractivity contribution in [1.82, 2.24) is 4.98 Å². The molecule has 18 heavy (non-hydrogen) atoms. The van der Waals surface area contributed by atoms with Crippen LogP contribution in [0.2, 0.25) is 0 Å². The molecule has 0 aliphatic rings. The van der Waals surface area contributed by atoms with E-state index in [1.807, 2.05) is 30.3 Å². The zero-order valence-electron chi connectivity index (χ0n) is 9.50. The monoisotopic (exact) mass is 257 g/mol. The number of hydrogen-bond donors (Lipinski definition) is 2. The average Bonchev–Trinajstić information content (AvgIpc) is 2.81. The van der Waals surface area contributed by atoms with E-state index in [2.05, 4.69) is 4.98 Å². The van der Waals surface area contributed by atoms with E-state index in [1.165, 1.54) is 0 Å². The average molecular weight is 257 g/mol. The summed E-state index contributed by atoms with van der Waals surface area (Å²) in [5.74, 6) is 0.258. The van der Waals surface area contributed by atoms with E-state index in [0.29, 0.717) is 0 Å². The summed E-state index contributed by atoms with van der Waals surface area (Å²) in [6.07, 6.45) is 0. The van der Waals surface area contributed by atoms with E-state index < -0.39 is 0 Å². The van der Waals surface area contributed by atoms with Crippen molar-refractivity contribution >= 4 is 21.6 Å². The number of aliphatic hydroxyl groups excluding tert-OH is 1. The van der Waals surface area contributed by atoms with Crippen LogP contribution in [0.1, 0.15) is 5.56 Å². The van der Waals surface area contributed by atoms with Crippen molar-refractivity contribution in [3.8, 4) is 16.3 Å². The molecule has 3 nitrogen and oxygen atoms in total. The highest BCUT2D eigenvalue weighted by Gasteiger charge is 2.06. The molecule has 4 heteroatoms. The van der Waals surface area contributed by atoms with E-state index >= 15 is 0 Å². The minimum absolute atomic E-state index is 0.0496. The van der Waals surface area contributed by atoms with Crippen molar-refractivity contribution in [2.75, 3.05) is 0 Å². The van der Waals surface area contributed by atoms with E-state index in [1.54, 1.807) is 23.5 Å². The molecule has 0 saturated heterocycles. The van der Waals surface area contributed by atoms with Crippen molar-refractivity contribution in [3.63, 3.8) is 0 Å². The first-order valence-electron chi connectivity index (χ1n) is 5.56. The third kappa shape index (κ3) is 1.96. The van der Waals surface area contributed by atoms with Crippen LogP contribution in [0.3, 0.4) is 0 Å². The van der Waals surface area contributed by atoms with Crippen LogP contribution < -0.4 is 0 Å². The van der Waals surface area contributed by atoms with Gasteiger partial charge in [0, 0.05) is 5.56 Å². The number of aromatic nitrogens is 1. The summed E-state index contributed by atoms with van der Waals surface area (Å²) in [6, 6.07) is 12.8. The molecule has 3 rings (SSSR count). The van der Waals surface area contributed by atoms with E-state index in [9.17, 15) is 5.11 Å². The van der Waals surface area contributed by atoms with Crippen LogP contribution in [0.15, 0.2) is 42.5 Å². The molecule has 0 aliphatic carbocycles. The van der Waals surface area contributed by atoms with Gasteiger partial charge in [-0.3, -0.25) is 0 Å². The lowest BCUT2D eigenvalue weighted by Crippen LogP contribution is -1.82. The first-order chi connectivity index (χ1) is 8.76. The van der Waals surface area contributed by atoms with Gasteiger partial charge < -0.3 is 10.2 Å². The Morgan fingerprint density at radius 2 is 1.83 bits per heavy atom. The third-order valence-electron chi connectivity index (χ3n) is 2.76. The van der Waals surface area contributed by atoms with Gasteiger partial charge >= 0.3 is 0 Å². The molecule has 0 aliphatic heterocycles. The lowest BCUT2D eigenvalue weighted by Gasteiger charge is -1.97. The topological polar surface area (TPSA) is 53.4 Å². The Labute approximate surface area is 108 Å². The summed E-state index contributed by atoms with van der Waals surface area (Å²) in [4.78, 5) is 4.52. The zero-order chi connectivity index (χ0) is 12.5. The quantitative estimate of drug-likeness (QED) is 0.741. The largest absolute Gasteiger partial charge is 0.508 e. The van der Waals surface area contributed by atoms with Gasteiger partial charge in [-0.05, 0) is 23.8 Å². The molecule has 0 saturated carbocycles. The molecule has 1 aromatic heterocycles. The van der Waals surface area contributed by atoms with Crippen molar-refractivity contribution in [2.24, 2.45) is 0 Å². The Kier molecular flexibility index (Phi) is 2.74. The standard InChI is InChI=1S/C14H11NO2S/c16-8-9-1-3-10(4-2-9)14-15-12-6-5-11(17)7-13(12)18-14/h1-7,16-17H,8H2. The number of hydrogen-bond acceptors (Lipinski definition) is 4. The minimum atomic E-state index is 0.0496. The van der Waals surface area contributed by atoms with Crippen molar-refractivity contribution in [1.29, 1.82) is 0 Å². The van der Waals surface area contributed by atoms with Gasteiger partial charge in [-0.2, -0.15) is 0 Å². The van der Waals surface area contributed by atoms with Crippen LogP contribution in [0.25, 0.3) is 20.8 Å². The zero-order valence-corrected chi connectivity index (χ0v) is 10.3. The molecule has 2 N–H and O–H groups in total. The summed E-state index contributed by atoms with van der Waals surface area (Å²) in [6.45, 7) is 0.0496. The number of aromatic hydroxyl groups is 1. The van der Waals surface area contributed by atoms with Crippen LogP contribution in [-0.4, -0.2) is 15.2 Å². The Bertz CT molecular complexity index is 689. The summed E-state index contributed by atoms with van der Waals surface area (Å²) in [5.41, 5.74) is 2.80. The molecule has 0 radical (unpaired) electrons. The predicted octanol–water partition coefficient (Wildman–Crippen LogP) is 3.16. The molecular formula is C14H11NO2S. The fraction of sp³-hybridized carbons (Fsp3) is 0.0714. The lowest BCUT2D eigenvalue weighted by molar-refractivity contribution is 0.282. The number of phenolic OH excluding ortho intramolecular Hbond substituents is 1. The van der Waals surface area contributed by atoms with Gasteiger partial charge in [0.15, 0.2) is 0 Å². The van der Waals surface area contributed by atoms with Gasteiger partial charge in [0.25, 0.3) is 0 Å². The molecule has 0 spiro atoms. The number of nitrogens with zero attached hydrogens (tertiary/aromatic N) is 1. The highest BCUT2D eigenvalue weighted by molar-refractivity contribution is 7.21. The summed E-state index contributed by atoms with van der Waals surface area (Å²) in [5, 5.41) is 19.3. The number of aliphatic hydroxyl groups is 1. The minimum Gasteiger partial charge on any atom is -0.508 e. The molecule has 1 heterocycles. The molecule has 0 amide bonds. The Balaban J connectivity index is 2.07. The van der Waals surface area contributed by atoms with Gasteiger partial charge in [-0.25, -0.2) is 4.98 Å². The van der Waals surface area contributed by atoms with Gasteiger partial charge in [-0.1, -0.05) is 24.3 Å². The smallest absolute Gasteiger partial charge is 0.124 e. The fourth-order valence-corrected chi connectivity index (χ4v) is 2.79. The second-order valence-corrected chi connectivity index (χ2v) is 5.06. The molecule has 0 fully saturated rings. The van der Waals surface area contributed by atoms with Gasteiger partial charge in [0.1, 0.15) is 10.8 Å². The van der Waals surface area contributed by atoms with Crippen molar-refractivity contribution in [3.05, 3.63) is 48.0 Å². The Hall–Kier alpha value is -1.91. The third-order valence-corrected chi connectivity index (χ3v) is 3.82. The molecule has 2 aromatic carbocycles. The Morgan fingerprint density at radius 3 is 2.56 bits per heavy atom. The predicted molar refractivity (Wildman–Crippen MR) is 72.6 cm³/mol. The van der Waals surface area contributed by atoms with Crippen LogP contribution >= 0.6 is 11.3 Å². The second-order valence-electron chi connectivity index (χ2n) is 4.03. The summed E-state index contributed by atoms with van der Waals surface area (Å²) >= 11 is 1.54. The molecule has 0 unspecified atom stereocenters. The molecular weight excluding hydrogens is 246 g/mol. The summed E-state index contributed by atoms with van der Waals surface area (Å²) < 4.78 is 0.969. The lowest BCUT2D eigenvalue weighted by atomic mass is 10.1. The van der Waals surface area contributed by atoms with E-state index in [-0.39, 0.29) is 12.4 Å². The van der Waals surface area contributed by atoms with Crippen LogP contribution in [0.4, 0.5) is 0 Å². The first-order valence-corrected chi connectivity index (χ1v) is 6.37. The summed E-state index contributed by atoms with van der Waals surface area (Å²) in [7, 11) is 0. The van der Waals surface area contributed by atoms with E-state index in [4.69, 9.17) is 5.11 Å². The van der Waals surface area contributed by atoms with Crippen LogP contribution in [-0.2, 0) is 6.61 Å². The molecule has 3 aromatic rings. The van der Waals surface area contributed by atoms with E-state index in [0.717, 1.165) is 26.4 Å². The highest BCUT2D eigenvalue weighted by Crippen LogP contribution is 2.32. The number of rotatable bonds is 2. The SMILES string of the molecule is OCc1ccc(-c2nc3ccc(O)cc3s2)cc1. The normalized spacial score (nSPS) is 10.9. The number of fused-ring (bicyclic) bond motifs is 1. The maximum absolute atomic E-state index is 9.43. The van der Waals surface area contributed by atoms with Crippen molar-refractivity contribution in [2.45, 2.75) is 6.61 Å². The molecule has 90 valence electrons. The molecule has 0 atom stereocenters. The van der Waals surface area contributed by atoms with Crippen LogP contribution in [0, 0.1) is 0 Å². The number of phenols is 1. The fourth-order valence-electron chi connectivity index (χ4n) is 1.79. The van der Waals surface area contributed by atoms with Crippen LogP contribution in [0.5, 0.6) is 5.75 Å². The maximum atomic E-state index is 9.43. The number of thiazole rings is 1. The maximum Gasteiger partial charge on any atom is 0.124 e. The van der Waals surface area contributed by atoms with Gasteiger partial charge in [0.05, 0.1) is 16.8 Å². The highest BCUT2D eigenvalue weighted by atomic mass is 32.1. The first kappa shape index (κ1) is 11.2. The molecule has 0 bridgehead atoms. The second kappa shape index (κ2) is 4.40. The van der Waals surface area contributed by atoms with Crippen molar-refractivity contribution < 1.29 is 10.2 Å².